The lowest BCUT2D eigenvalue weighted by atomic mass is 9.86. The highest BCUT2D eigenvalue weighted by Crippen LogP contribution is 2.29. The summed E-state index contributed by atoms with van der Waals surface area (Å²) in [6, 6.07) is 0. The Labute approximate surface area is 160 Å². The highest BCUT2D eigenvalue weighted by Gasteiger charge is 2.42. The van der Waals surface area contributed by atoms with Gasteiger partial charge in [0, 0.05) is 26.2 Å². The average molecular weight is 381 g/mol. The third-order valence-electron chi connectivity index (χ3n) is 5.93. The minimum atomic E-state index is -1.26. The van der Waals surface area contributed by atoms with Crippen LogP contribution in [0, 0.1) is 12.8 Å². The Morgan fingerprint density at radius 1 is 1.31 bits per heavy atom. The van der Waals surface area contributed by atoms with Crippen LogP contribution in [0.2, 0.25) is 0 Å². The van der Waals surface area contributed by atoms with E-state index in [4.69, 9.17) is 0 Å². The summed E-state index contributed by atoms with van der Waals surface area (Å²) in [4.78, 5) is 18.0. The van der Waals surface area contributed by atoms with Crippen molar-refractivity contribution in [2.45, 2.75) is 70.4 Å². The molecule has 1 atom stereocenters. The van der Waals surface area contributed by atoms with Crippen LogP contribution in [0.1, 0.15) is 61.9 Å². The van der Waals surface area contributed by atoms with E-state index in [0.29, 0.717) is 19.5 Å². The predicted octanol–water partition coefficient (Wildman–Crippen LogP) is 2.60. The normalized spacial score (nSPS) is 25.2. The first-order chi connectivity index (χ1) is 12.5. The predicted molar refractivity (Wildman–Crippen MR) is 103 cm³/mol. The fourth-order valence-electron chi connectivity index (χ4n) is 4.38. The molecule has 1 amide bonds. The van der Waals surface area contributed by atoms with Crippen molar-refractivity contribution in [1.29, 1.82) is 0 Å². The lowest BCUT2D eigenvalue weighted by molar-refractivity contribution is -0.159. The van der Waals surface area contributed by atoms with Gasteiger partial charge in [0.25, 0.3) is 5.91 Å². The van der Waals surface area contributed by atoms with Gasteiger partial charge in [-0.15, -0.1) is 5.10 Å². The van der Waals surface area contributed by atoms with Gasteiger partial charge in [-0.25, -0.2) is 0 Å². The van der Waals surface area contributed by atoms with Crippen LogP contribution in [-0.2, 0) is 11.3 Å². The van der Waals surface area contributed by atoms with Crippen molar-refractivity contribution in [3.63, 3.8) is 0 Å². The van der Waals surface area contributed by atoms with Gasteiger partial charge in [0.15, 0.2) is 5.60 Å². The number of carbonyl (C=O) groups excluding carboxylic acids is 1. The molecule has 1 aromatic heterocycles. The lowest BCUT2D eigenvalue weighted by Crippen LogP contribution is -2.58. The monoisotopic (exact) mass is 380 g/mol. The number of hydrogen-bond acceptors (Lipinski definition) is 6. The second kappa shape index (κ2) is 8.76. The van der Waals surface area contributed by atoms with Crippen molar-refractivity contribution >= 4 is 17.4 Å². The van der Waals surface area contributed by atoms with E-state index in [1.165, 1.54) is 43.6 Å². The Balaban J connectivity index is 1.53. The van der Waals surface area contributed by atoms with E-state index >= 15 is 0 Å². The minimum Gasteiger partial charge on any atom is -0.379 e. The van der Waals surface area contributed by atoms with Crippen molar-refractivity contribution in [3.8, 4) is 0 Å². The van der Waals surface area contributed by atoms with E-state index in [1.807, 2.05) is 23.8 Å². The molecule has 146 valence electrons. The standard InChI is InChI=1S/C19H32N4O2S/c1-15-17(26-21-20-15)13-22(2)14-19(25)10-6-11-23(18(19)24)12-9-16-7-4-3-5-8-16/h16,25H,3-14H2,1-2H3/t19-/m0/s1. The summed E-state index contributed by atoms with van der Waals surface area (Å²) in [5.74, 6) is 0.682. The van der Waals surface area contributed by atoms with Gasteiger partial charge in [-0.1, -0.05) is 36.6 Å². The van der Waals surface area contributed by atoms with Crippen molar-refractivity contribution in [2.24, 2.45) is 5.92 Å². The smallest absolute Gasteiger partial charge is 0.255 e. The summed E-state index contributed by atoms with van der Waals surface area (Å²) < 4.78 is 3.96. The number of aryl methyl sites for hydroxylation is 1. The van der Waals surface area contributed by atoms with E-state index in [-0.39, 0.29) is 5.91 Å². The molecule has 1 saturated carbocycles. The summed E-state index contributed by atoms with van der Waals surface area (Å²) in [6.45, 7) is 4.56. The Morgan fingerprint density at radius 2 is 2.08 bits per heavy atom. The molecular formula is C19H32N4O2S. The van der Waals surface area contributed by atoms with Gasteiger partial charge in [0.1, 0.15) is 0 Å². The first kappa shape index (κ1) is 19.7. The third-order valence-corrected chi connectivity index (χ3v) is 6.73. The number of likely N-dealkylation sites (tertiary alicyclic amines) is 1. The van der Waals surface area contributed by atoms with Gasteiger partial charge in [-0.2, -0.15) is 0 Å². The zero-order valence-electron chi connectivity index (χ0n) is 16.1. The first-order valence-electron chi connectivity index (χ1n) is 9.96. The van der Waals surface area contributed by atoms with E-state index in [9.17, 15) is 9.90 Å². The highest BCUT2D eigenvalue weighted by molar-refractivity contribution is 7.05. The molecule has 2 heterocycles. The molecule has 26 heavy (non-hydrogen) atoms. The molecule has 6 nitrogen and oxygen atoms in total. The van der Waals surface area contributed by atoms with Crippen molar-refractivity contribution in [2.75, 3.05) is 26.7 Å². The zero-order valence-corrected chi connectivity index (χ0v) is 16.9. The molecule has 0 radical (unpaired) electrons. The van der Waals surface area contributed by atoms with Crippen LogP contribution in [0.5, 0.6) is 0 Å². The van der Waals surface area contributed by atoms with Gasteiger partial charge in [0.05, 0.1) is 10.6 Å². The largest absolute Gasteiger partial charge is 0.379 e. The third kappa shape index (κ3) is 4.81. The van der Waals surface area contributed by atoms with Crippen LogP contribution in [0.25, 0.3) is 0 Å². The van der Waals surface area contributed by atoms with Crippen molar-refractivity contribution in [1.82, 2.24) is 19.4 Å². The summed E-state index contributed by atoms with van der Waals surface area (Å²) in [7, 11) is 1.95. The van der Waals surface area contributed by atoms with Crippen LogP contribution in [0.15, 0.2) is 0 Å². The molecule has 1 saturated heterocycles. The van der Waals surface area contributed by atoms with Gasteiger partial charge in [-0.05, 0) is 50.7 Å². The number of aliphatic hydroxyl groups is 1. The summed E-state index contributed by atoms with van der Waals surface area (Å²) in [6.07, 6.45) is 9.15. The molecule has 0 bridgehead atoms. The number of amides is 1. The van der Waals surface area contributed by atoms with Gasteiger partial charge < -0.3 is 10.0 Å². The lowest BCUT2D eigenvalue weighted by Gasteiger charge is -2.40. The zero-order chi connectivity index (χ0) is 18.6. The molecule has 1 aliphatic heterocycles. The number of carbonyl (C=O) groups is 1. The van der Waals surface area contributed by atoms with Crippen molar-refractivity contribution in [3.05, 3.63) is 10.6 Å². The fourth-order valence-corrected chi connectivity index (χ4v) is 5.10. The molecule has 3 rings (SSSR count). The minimum absolute atomic E-state index is 0.0782. The van der Waals surface area contributed by atoms with Gasteiger partial charge in [0.2, 0.25) is 0 Å². The number of nitrogens with zero attached hydrogens (tertiary/aromatic N) is 4. The Kier molecular flexibility index (Phi) is 6.64. The van der Waals surface area contributed by atoms with E-state index in [1.54, 1.807) is 0 Å². The second-order valence-electron chi connectivity index (χ2n) is 8.17. The number of likely N-dealkylation sites (N-methyl/N-ethyl adjacent to an activating group) is 1. The maximum Gasteiger partial charge on any atom is 0.255 e. The molecule has 2 fully saturated rings. The van der Waals surface area contributed by atoms with Gasteiger partial charge >= 0.3 is 0 Å². The molecule has 1 aliphatic carbocycles. The molecule has 2 aliphatic rings. The summed E-state index contributed by atoms with van der Waals surface area (Å²) >= 11 is 1.38. The molecule has 7 heteroatoms. The Hall–Kier alpha value is -1.05. The number of hydrogen-bond donors (Lipinski definition) is 1. The van der Waals surface area contributed by atoms with Crippen LogP contribution < -0.4 is 0 Å². The van der Waals surface area contributed by atoms with E-state index < -0.39 is 5.60 Å². The first-order valence-corrected chi connectivity index (χ1v) is 10.7. The molecular weight excluding hydrogens is 348 g/mol. The second-order valence-corrected chi connectivity index (χ2v) is 9.01. The maximum absolute atomic E-state index is 13.0. The Morgan fingerprint density at radius 3 is 2.77 bits per heavy atom. The summed E-state index contributed by atoms with van der Waals surface area (Å²) in [5, 5.41) is 15.1. The highest BCUT2D eigenvalue weighted by atomic mass is 32.1. The maximum atomic E-state index is 13.0. The quantitative estimate of drug-likeness (QED) is 0.787. The molecule has 1 N–H and O–H groups in total. The van der Waals surface area contributed by atoms with Crippen molar-refractivity contribution < 1.29 is 9.90 Å². The molecule has 1 aromatic rings. The van der Waals surface area contributed by atoms with Crippen LogP contribution in [-0.4, -0.2) is 62.7 Å². The molecule has 0 unspecified atom stereocenters. The number of piperidine rings is 1. The number of rotatable bonds is 7. The van der Waals surface area contributed by atoms with E-state index in [2.05, 4.69) is 9.59 Å². The fraction of sp³-hybridized carbons (Fsp3) is 0.842. The van der Waals surface area contributed by atoms with Crippen LogP contribution >= 0.6 is 11.5 Å². The summed E-state index contributed by atoms with van der Waals surface area (Å²) in [5.41, 5.74) is -0.330. The number of aromatic nitrogens is 2. The van der Waals surface area contributed by atoms with Crippen LogP contribution in [0.4, 0.5) is 0 Å². The van der Waals surface area contributed by atoms with Gasteiger partial charge in [-0.3, -0.25) is 9.69 Å². The average Bonchev–Trinajstić information content (AvgIpc) is 3.02. The van der Waals surface area contributed by atoms with E-state index in [0.717, 1.165) is 42.4 Å². The SMILES string of the molecule is Cc1nnsc1CN(C)C[C@@]1(O)CCCN(CCC2CCCCC2)C1=O. The van der Waals surface area contributed by atoms with Crippen LogP contribution in [0.3, 0.4) is 0 Å². The molecule has 0 spiro atoms. The topological polar surface area (TPSA) is 69.6 Å². The molecule has 0 aromatic carbocycles. The Bertz CT molecular complexity index is 602.